The van der Waals surface area contributed by atoms with Gasteiger partial charge in [0.2, 0.25) is 0 Å². The van der Waals surface area contributed by atoms with Crippen LogP contribution in [-0.2, 0) is 9.53 Å². The minimum absolute atomic E-state index is 0.202. The molecule has 2 aromatic heterocycles. The van der Waals surface area contributed by atoms with E-state index in [4.69, 9.17) is 14.5 Å². The predicted octanol–water partition coefficient (Wildman–Crippen LogP) is 5.76. The summed E-state index contributed by atoms with van der Waals surface area (Å²) in [4.78, 5) is 32.6. The second kappa shape index (κ2) is 11.5. The lowest BCUT2D eigenvalue weighted by Gasteiger charge is -2.24. The van der Waals surface area contributed by atoms with Crippen molar-refractivity contribution in [1.82, 2.24) is 9.13 Å². The third kappa shape index (κ3) is 5.02. The zero-order valence-corrected chi connectivity index (χ0v) is 25.7. The molecule has 43 heavy (non-hydrogen) atoms. The van der Waals surface area contributed by atoms with Crippen molar-refractivity contribution in [2.24, 2.45) is 4.99 Å². The van der Waals surface area contributed by atoms with Crippen molar-refractivity contribution < 1.29 is 14.3 Å². The summed E-state index contributed by atoms with van der Waals surface area (Å²) in [6, 6.07) is 23.6. The van der Waals surface area contributed by atoms with Crippen molar-refractivity contribution in [2.75, 3.05) is 13.2 Å². The molecule has 0 fully saturated rings. The fourth-order valence-electron chi connectivity index (χ4n) is 5.87. The summed E-state index contributed by atoms with van der Waals surface area (Å²) in [6.45, 7) is 10.4. The number of ether oxygens (including phenoxy) is 2. The van der Waals surface area contributed by atoms with E-state index in [1.807, 2.05) is 43.3 Å². The zero-order chi connectivity index (χ0) is 30.2. The summed E-state index contributed by atoms with van der Waals surface area (Å²) in [5, 5.41) is 2.33. The van der Waals surface area contributed by atoms with Crippen molar-refractivity contribution in [2.45, 2.75) is 40.7 Å². The van der Waals surface area contributed by atoms with Crippen LogP contribution in [0.25, 0.3) is 22.5 Å². The number of thiazole rings is 1. The molecular weight excluding hydrogens is 558 g/mol. The summed E-state index contributed by atoms with van der Waals surface area (Å²) < 4.78 is 15.5. The Morgan fingerprint density at radius 3 is 2.47 bits per heavy atom. The largest absolute Gasteiger partial charge is 0.494 e. The molecule has 1 unspecified atom stereocenters. The fourth-order valence-corrected chi connectivity index (χ4v) is 6.91. The van der Waals surface area contributed by atoms with Crippen molar-refractivity contribution in [3.63, 3.8) is 0 Å². The van der Waals surface area contributed by atoms with Gasteiger partial charge in [-0.3, -0.25) is 9.36 Å². The number of allylic oxidation sites excluding steroid dienone is 1. The first-order chi connectivity index (χ1) is 20.8. The van der Waals surface area contributed by atoms with Gasteiger partial charge in [0.25, 0.3) is 5.56 Å². The molecule has 218 valence electrons. The van der Waals surface area contributed by atoms with E-state index in [0.29, 0.717) is 27.2 Å². The standard InChI is InChI=1S/C35H33N3O4S/c1-6-41-27-17-15-25(16-18-27)32-31(34(40)42-7-2)22(4)36-35-38(32)33(39)30(43-35)20-26-19-21(3)37(23(26)5)29-14-10-12-24-11-8-9-13-28(24)29/h8-20,32H,6-7H2,1-5H3/b30-20+. The number of hydrogen-bond acceptors (Lipinski definition) is 6. The highest BCUT2D eigenvalue weighted by Gasteiger charge is 2.33. The minimum Gasteiger partial charge on any atom is -0.494 e. The van der Waals surface area contributed by atoms with Crippen LogP contribution < -0.4 is 19.6 Å². The maximum atomic E-state index is 14.1. The van der Waals surface area contributed by atoms with Gasteiger partial charge < -0.3 is 14.0 Å². The molecule has 1 aliphatic rings. The van der Waals surface area contributed by atoms with Gasteiger partial charge in [0.1, 0.15) is 5.75 Å². The molecule has 0 aliphatic carbocycles. The Balaban J connectivity index is 1.51. The van der Waals surface area contributed by atoms with E-state index in [-0.39, 0.29) is 12.2 Å². The van der Waals surface area contributed by atoms with Crippen molar-refractivity contribution in [3.05, 3.63) is 126 Å². The van der Waals surface area contributed by atoms with E-state index < -0.39 is 12.0 Å². The molecule has 0 bridgehead atoms. The topological polar surface area (TPSA) is 74.8 Å². The molecule has 0 spiro atoms. The molecule has 1 aliphatic heterocycles. The molecule has 3 aromatic carbocycles. The van der Waals surface area contributed by atoms with Crippen LogP contribution in [0.4, 0.5) is 0 Å². The molecule has 0 saturated heterocycles. The quantitative estimate of drug-likeness (QED) is 0.226. The monoisotopic (exact) mass is 591 g/mol. The molecular formula is C35H33N3O4S. The Hall–Kier alpha value is -4.69. The van der Waals surface area contributed by atoms with E-state index in [0.717, 1.165) is 39.3 Å². The van der Waals surface area contributed by atoms with Crippen LogP contribution in [0.2, 0.25) is 0 Å². The molecule has 5 aromatic rings. The normalized spacial score (nSPS) is 15.0. The van der Waals surface area contributed by atoms with Gasteiger partial charge >= 0.3 is 5.97 Å². The highest BCUT2D eigenvalue weighted by Crippen LogP contribution is 2.32. The van der Waals surface area contributed by atoms with E-state index in [9.17, 15) is 9.59 Å². The van der Waals surface area contributed by atoms with Crippen molar-refractivity contribution in [3.8, 4) is 11.4 Å². The Morgan fingerprint density at radius 1 is 0.977 bits per heavy atom. The zero-order valence-electron chi connectivity index (χ0n) is 24.9. The second-order valence-electron chi connectivity index (χ2n) is 10.5. The number of aryl methyl sites for hydroxylation is 1. The van der Waals surface area contributed by atoms with Gasteiger partial charge in [-0.15, -0.1) is 0 Å². The smallest absolute Gasteiger partial charge is 0.338 e. The molecule has 1 atom stereocenters. The van der Waals surface area contributed by atoms with Crippen LogP contribution in [0, 0.1) is 13.8 Å². The van der Waals surface area contributed by atoms with Crippen LogP contribution in [0.1, 0.15) is 49.3 Å². The van der Waals surface area contributed by atoms with Crippen LogP contribution >= 0.6 is 11.3 Å². The number of aromatic nitrogens is 2. The molecule has 3 heterocycles. The Morgan fingerprint density at radius 2 is 1.72 bits per heavy atom. The number of benzene rings is 3. The lowest BCUT2D eigenvalue weighted by Crippen LogP contribution is -2.39. The Labute approximate surface area is 253 Å². The third-order valence-corrected chi connectivity index (χ3v) is 8.77. The first-order valence-electron chi connectivity index (χ1n) is 14.4. The molecule has 7 nitrogen and oxygen atoms in total. The highest BCUT2D eigenvalue weighted by molar-refractivity contribution is 7.07. The van der Waals surface area contributed by atoms with Crippen LogP contribution in [0.15, 0.2) is 93.9 Å². The summed E-state index contributed by atoms with van der Waals surface area (Å²) in [6.07, 6.45) is 1.94. The van der Waals surface area contributed by atoms with E-state index >= 15 is 0 Å². The van der Waals surface area contributed by atoms with Crippen molar-refractivity contribution >= 4 is 34.2 Å². The van der Waals surface area contributed by atoms with E-state index in [1.54, 1.807) is 18.4 Å². The lowest BCUT2D eigenvalue weighted by molar-refractivity contribution is -0.139. The molecule has 0 amide bonds. The molecule has 0 saturated carbocycles. The number of nitrogens with zero attached hydrogens (tertiary/aromatic N) is 3. The Kier molecular flexibility index (Phi) is 7.62. The number of carbonyl (C=O) groups excluding carboxylic acids is 1. The van der Waals surface area contributed by atoms with Gasteiger partial charge in [-0.25, -0.2) is 9.79 Å². The molecule has 6 rings (SSSR count). The van der Waals surface area contributed by atoms with Gasteiger partial charge in [0, 0.05) is 16.8 Å². The van der Waals surface area contributed by atoms with Gasteiger partial charge in [-0.05, 0) is 81.5 Å². The maximum Gasteiger partial charge on any atom is 0.338 e. The first-order valence-corrected chi connectivity index (χ1v) is 15.2. The number of rotatable bonds is 7. The van der Waals surface area contributed by atoms with Crippen LogP contribution in [0.3, 0.4) is 0 Å². The number of hydrogen-bond donors (Lipinski definition) is 0. The third-order valence-electron chi connectivity index (χ3n) is 7.79. The Bertz CT molecular complexity index is 2070. The second-order valence-corrected chi connectivity index (χ2v) is 11.5. The molecule has 0 N–H and O–H groups in total. The number of fused-ring (bicyclic) bond motifs is 2. The summed E-state index contributed by atoms with van der Waals surface area (Å²) in [7, 11) is 0. The average Bonchev–Trinajstić information content (AvgIpc) is 3.46. The maximum absolute atomic E-state index is 14.1. The summed E-state index contributed by atoms with van der Waals surface area (Å²) in [5.74, 6) is 0.245. The van der Waals surface area contributed by atoms with Crippen LogP contribution in [0.5, 0.6) is 5.75 Å². The highest BCUT2D eigenvalue weighted by atomic mass is 32.1. The van der Waals surface area contributed by atoms with Gasteiger partial charge in [-0.1, -0.05) is 59.9 Å². The molecule has 0 radical (unpaired) electrons. The fraction of sp³-hybridized carbons (Fsp3) is 0.229. The van der Waals surface area contributed by atoms with Crippen molar-refractivity contribution in [1.29, 1.82) is 0 Å². The van der Waals surface area contributed by atoms with E-state index in [1.165, 1.54) is 16.7 Å². The average molecular weight is 592 g/mol. The SMILES string of the molecule is CCOC(=O)C1=C(C)N=c2s/c(=C/c3cc(C)n(-c4cccc5ccccc45)c3C)c(=O)n2C1c1ccc(OCC)cc1. The van der Waals surface area contributed by atoms with Crippen LogP contribution in [-0.4, -0.2) is 28.3 Å². The number of esters is 1. The first kappa shape index (κ1) is 28.4. The molecule has 8 heteroatoms. The van der Waals surface area contributed by atoms with Gasteiger partial charge in [-0.2, -0.15) is 0 Å². The van der Waals surface area contributed by atoms with Gasteiger partial charge in [0.05, 0.1) is 40.7 Å². The number of carbonyl (C=O) groups is 1. The summed E-state index contributed by atoms with van der Waals surface area (Å²) in [5.41, 5.74) is 5.63. The lowest BCUT2D eigenvalue weighted by atomic mass is 9.96. The minimum atomic E-state index is -0.670. The van der Waals surface area contributed by atoms with Gasteiger partial charge in [0.15, 0.2) is 4.80 Å². The van der Waals surface area contributed by atoms with E-state index in [2.05, 4.69) is 60.9 Å². The predicted molar refractivity (Wildman–Crippen MR) is 171 cm³/mol. The summed E-state index contributed by atoms with van der Waals surface area (Å²) >= 11 is 1.33.